The quantitative estimate of drug-likeness (QED) is 0.878. The summed E-state index contributed by atoms with van der Waals surface area (Å²) in [6.07, 6.45) is 4.87. The molecule has 0 aromatic carbocycles. The van der Waals surface area contributed by atoms with E-state index in [2.05, 4.69) is 32.1 Å². The van der Waals surface area contributed by atoms with Crippen LogP contribution in [-0.2, 0) is 0 Å². The second-order valence-electron chi connectivity index (χ2n) is 5.65. The second-order valence-corrected chi connectivity index (χ2v) is 5.65. The van der Waals surface area contributed by atoms with E-state index in [-0.39, 0.29) is 0 Å². The highest BCUT2D eigenvalue weighted by atomic mass is 16.1. The Morgan fingerprint density at radius 1 is 1.13 bits per heavy atom. The molecule has 0 atom stereocenters. The van der Waals surface area contributed by atoms with Crippen molar-refractivity contribution in [3.63, 3.8) is 0 Å². The number of likely N-dealkylation sites (N-methyl/N-ethyl adjacent to an activating group) is 1. The summed E-state index contributed by atoms with van der Waals surface area (Å²) < 4.78 is 0. The third-order valence-electron chi connectivity index (χ3n) is 3.89. The van der Waals surface area contributed by atoms with Gasteiger partial charge in [-0.2, -0.15) is 0 Å². The van der Waals surface area contributed by atoms with E-state index >= 15 is 0 Å². The van der Waals surface area contributed by atoms with E-state index in [0.717, 1.165) is 37.7 Å². The largest absolute Gasteiger partial charge is 0.366 e. The molecule has 120 valence electrons. The molecule has 1 saturated heterocycles. The highest BCUT2D eigenvalue weighted by molar-refractivity contribution is 5.93. The minimum Gasteiger partial charge on any atom is -0.366 e. The van der Waals surface area contributed by atoms with Gasteiger partial charge in [0.05, 0.1) is 29.3 Å². The number of rotatable bonds is 4. The van der Waals surface area contributed by atoms with Gasteiger partial charge < -0.3 is 20.9 Å². The Labute approximate surface area is 135 Å². The van der Waals surface area contributed by atoms with E-state index in [1.54, 1.807) is 18.5 Å². The number of carbonyl (C=O) groups is 1. The summed E-state index contributed by atoms with van der Waals surface area (Å²) in [7, 11) is 2.13. The van der Waals surface area contributed by atoms with Gasteiger partial charge in [-0.05, 0) is 25.2 Å². The second kappa shape index (κ2) is 6.62. The topological polar surface area (TPSA) is 87.4 Å². The Kier molecular flexibility index (Phi) is 4.38. The van der Waals surface area contributed by atoms with Crippen LogP contribution in [0.15, 0.2) is 36.8 Å². The lowest BCUT2D eigenvalue weighted by molar-refractivity contribution is 0.1000. The number of primary amides is 1. The number of nitrogens with two attached hydrogens (primary N) is 1. The van der Waals surface area contributed by atoms with Gasteiger partial charge in [0.15, 0.2) is 0 Å². The van der Waals surface area contributed by atoms with Crippen LogP contribution in [0.25, 0.3) is 0 Å². The standard InChI is InChI=1S/C16H20N6O/c1-21-4-6-22(7-5-21)15-3-2-13(11-19-15)20-14-8-12(16(17)23)9-18-10-14/h2-3,8-11,20H,4-7H2,1H3,(H2,17,23). The first kappa shape index (κ1) is 15.2. The monoisotopic (exact) mass is 312 g/mol. The highest BCUT2D eigenvalue weighted by Crippen LogP contribution is 2.19. The van der Waals surface area contributed by atoms with Crippen LogP contribution in [0.4, 0.5) is 17.2 Å². The third kappa shape index (κ3) is 3.75. The van der Waals surface area contributed by atoms with Crippen LogP contribution in [0.2, 0.25) is 0 Å². The lowest BCUT2D eigenvalue weighted by atomic mass is 10.2. The predicted molar refractivity (Wildman–Crippen MR) is 90.0 cm³/mol. The Hall–Kier alpha value is -2.67. The molecule has 7 nitrogen and oxygen atoms in total. The molecule has 2 aromatic heterocycles. The van der Waals surface area contributed by atoms with Crippen molar-refractivity contribution in [3.05, 3.63) is 42.4 Å². The number of piperazine rings is 1. The minimum absolute atomic E-state index is 0.372. The predicted octanol–water partition coefficient (Wildman–Crippen LogP) is 1.07. The van der Waals surface area contributed by atoms with Crippen LogP contribution in [0.3, 0.4) is 0 Å². The van der Waals surface area contributed by atoms with Crippen molar-refractivity contribution in [3.8, 4) is 0 Å². The number of nitrogens with zero attached hydrogens (tertiary/aromatic N) is 4. The molecule has 1 fully saturated rings. The number of anilines is 3. The Morgan fingerprint density at radius 2 is 1.91 bits per heavy atom. The molecule has 3 heterocycles. The van der Waals surface area contributed by atoms with Crippen molar-refractivity contribution < 1.29 is 4.79 Å². The average Bonchev–Trinajstić information content (AvgIpc) is 2.57. The maximum Gasteiger partial charge on any atom is 0.250 e. The van der Waals surface area contributed by atoms with Gasteiger partial charge in [-0.1, -0.05) is 0 Å². The zero-order valence-electron chi connectivity index (χ0n) is 13.1. The highest BCUT2D eigenvalue weighted by Gasteiger charge is 2.14. The SMILES string of the molecule is CN1CCN(c2ccc(Nc3cncc(C(N)=O)c3)cn2)CC1. The van der Waals surface area contributed by atoms with Gasteiger partial charge in [0.1, 0.15) is 5.82 Å². The van der Waals surface area contributed by atoms with Gasteiger partial charge in [0, 0.05) is 32.4 Å². The van der Waals surface area contributed by atoms with Crippen molar-refractivity contribution in [1.82, 2.24) is 14.9 Å². The zero-order valence-corrected chi connectivity index (χ0v) is 13.1. The molecule has 0 bridgehead atoms. The first-order chi connectivity index (χ1) is 11.1. The van der Waals surface area contributed by atoms with Crippen LogP contribution in [0.1, 0.15) is 10.4 Å². The van der Waals surface area contributed by atoms with E-state index in [0.29, 0.717) is 11.3 Å². The summed E-state index contributed by atoms with van der Waals surface area (Å²) in [4.78, 5) is 24.3. The van der Waals surface area contributed by atoms with Crippen LogP contribution in [-0.4, -0.2) is 54.0 Å². The number of aromatic nitrogens is 2. The van der Waals surface area contributed by atoms with Crippen LogP contribution in [0, 0.1) is 0 Å². The molecule has 0 saturated carbocycles. The van der Waals surface area contributed by atoms with Crippen molar-refractivity contribution in [2.24, 2.45) is 5.73 Å². The van der Waals surface area contributed by atoms with Gasteiger partial charge in [0.2, 0.25) is 5.91 Å². The molecule has 2 aromatic rings. The summed E-state index contributed by atoms with van der Waals surface area (Å²) in [6, 6.07) is 5.64. The maximum absolute atomic E-state index is 11.2. The summed E-state index contributed by atoms with van der Waals surface area (Å²) in [5, 5.41) is 3.18. The molecule has 7 heteroatoms. The number of amides is 1. The lowest BCUT2D eigenvalue weighted by Gasteiger charge is -2.33. The Morgan fingerprint density at radius 3 is 2.57 bits per heavy atom. The van der Waals surface area contributed by atoms with Crippen molar-refractivity contribution >= 4 is 23.1 Å². The molecule has 3 N–H and O–H groups in total. The molecule has 3 rings (SSSR count). The fourth-order valence-corrected chi connectivity index (χ4v) is 2.49. The molecule has 0 unspecified atom stereocenters. The summed E-state index contributed by atoms with van der Waals surface area (Å²) in [5.41, 5.74) is 7.18. The molecular formula is C16H20N6O. The molecule has 1 aliphatic rings. The fourth-order valence-electron chi connectivity index (χ4n) is 2.49. The molecule has 1 amide bonds. The molecular weight excluding hydrogens is 292 g/mol. The number of pyridine rings is 2. The van der Waals surface area contributed by atoms with Crippen LogP contribution < -0.4 is 16.0 Å². The van der Waals surface area contributed by atoms with Gasteiger partial charge in [-0.3, -0.25) is 9.78 Å². The van der Waals surface area contributed by atoms with Gasteiger partial charge in [-0.25, -0.2) is 4.98 Å². The van der Waals surface area contributed by atoms with Crippen molar-refractivity contribution in [2.45, 2.75) is 0 Å². The number of hydrogen-bond acceptors (Lipinski definition) is 6. The molecule has 0 radical (unpaired) electrons. The van der Waals surface area contributed by atoms with Crippen LogP contribution in [0.5, 0.6) is 0 Å². The van der Waals surface area contributed by atoms with Gasteiger partial charge in [0.25, 0.3) is 0 Å². The van der Waals surface area contributed by atoms with E-state index < -0.39 is 5.91 Å². The van der Waals surface area contributed by atoms with E-state index in [4.69, 9.17) is 5.73 Å². The third-order valence-corrected chi connectivity index (χ3v) is 3.89. The lowest BCUT2D eigenvalue weighted by Crippen LogP contribution is -2.44. The van der Waals surface area contributed by atoms with Crippen LogP contribution >= 0.6 is 0 Å². The van der Waals surface area contributed by atoms with E-state index in [1.807, 2.05) is 12.1 Å². The Bertz CT molecular complexity index is 679. The molecule has 23 heavy (non-hydrogen) atoms. The normalized spacial score (nSPS) is 15.4. The van der Waals surface area contributed by atoms with Gasteiger partial charge in [-0.15, -0.1) is 0 Å². The summed E-state index contributed by atoms with van der Waals surface area (Å²) in [5.74, 6) is 0.484. The van der Waals surface area contributed by atoms with E-state index in [1.165, 1.54) is 6.20 Å². The van der Waals surface area contributed by atoms with Crippen molar-refractivity contribution in [1.29, 1.82) is 0 Å². The number of hydrogen-bond donors (Lipinski definition) is 2. The first-order valence-electron chi connectivity index (χ1n) is 7.53. The number of carbonyl (C=O) groups excluding carboxylic acids is 1. The fraction of sp³-hybridized carbons (Fsp3) is 0.312. The zero-order chi connectivity index (χ0) is 16.2. The molecule has 1 aliphatic heterocycles. The summed E-state index contributed by atoms with van der Waals surface area (Å²) >= 11 is 0. The Balaban J connectivity index is 1.68. The van der Waals surface area contributed by atoms with Crippen molar-refractivity contribution in [2.75, 3.05) is 43.4 Å². The first-order valence-corrected chi connectivity index (χ1v) is 7.53. The average molecular weight is 312 g/mol. The smallest absolute Gasteiger partial charge is 0.250 e. The maximum atomic E-state index is 11.2. The van der Waals surface area contributed by atoms with E-state index in [9.17, 15) is 4.79 Å². The molecule has 0 spiro atoms. The summed E-state index contributed by atoms with van der Waals surface area (Å²) in [6.45, 7) is 4.07. The number of nitrogens with one attached hydrogen (secondary N) is 1. The van der Waals surface area contributed by atoms with Gasteiger partial charge >= 0.3 is 0 Å². The minimum atomic E-state index is -0.496. The molecule has 0 aliphatic carbocycles.